The second kappa shape index (κ2) is 7.41. The van der Waals surface area contributed by atoms with Crippen LogP contribution in [0.3, 0.4) is 0 Å². The van der Waals surface area contributed by atoms with Crippen LogP contribution < -0.4 is 0 Å². The Morgan fingerprint density at radius 3 is 1.55 bits per heavy atom. The SMILES string of the molecule is C1=CC(=C(c2ccccc2)c2ccccc2)C(C2c3ccccc3-c3ccccc32)=C1. The first-order valence-corrected chi connectivity index (χ1v) is 10.8. The molecule has 6 rings (SSSR count). The van der Waals surface area contributed by atoms with E-state index in [1.807, 2.05) is 0 Å². The van der Waals surface area contributed by atoms with Crippen LogP contribution in [-0.4, -0.2) is 0 Å². The van der Waals surface area contributed by atoms with Gasteiger partial charge in [-0.3, -0.25) is 0 Å². The summed E-state index contributed by atoms with van der Waals surface area (Å²) in [6, 6.07) is 39.3. The second-order valence-electron chi connectivity index (χ2n) is 8.11. The van der Waals surface area contributed by atoms with Crippen molar-refractivity contribution in [2.45, 2.75) is 5.92 Å². The zero-order chi connectivity index (χ0) is 20.6. The largest absolute Gasteiger partial charge is 0.0622 e. The molecule has 0 heterocycles. The summed E-state index contributed by atoms with van der Waals surface area (Å²) in [5, 5.41) is 0. The van der Waals surface area contributed by atoms with Gasteiger partial charge in [-0.25, -0.2) is 0 Å². The summed E-state index contributed by atoms with van der Waals surface area (Å²) in [6.07, 6.45) is 6.80. The van der Waals surface area contributed by atoms with Crippen molar-refractivity contribution >= 4 is 5.57 Å². The highest BCUT2D eigenvalue weighted by Crippen LogP contribution is 2.51. The molecule has 0 nitrogen and oxygen atoms in total. The molecular weight excluding hydrogens is 372 g/mol. The van der Waals surface area contributed by atoms with Crippen molar-refractivity contribution in [3.63, 3.8) is 0 Å². The molecule has 146 valence electrons. The van der Waals surface area contributed by atoms with Crippen LogP contribution in [0.4, 0.5) is 0 Å². The van der Waals surface area contributed by atoms with Gasteiger partial charge in [-0.15, -0.1) is 0 Å². The Balaban J connectivity index is 1.60. The third-order valence-electron chi connectivity index (χ3n) is 6.39. The van der Waals surface area contributed by atoms with Crippen LogP contribution in [-0.2, 0) is 0 Å². The molecule has 0 atom stereocenters. The van der Waals surface area contributed by atoms with Crippen LogP contribution in [0.5, 0.6) is 0 Å². The molecule has 0 unspecified atom stereocenters. The Kier molecular flexibility index (Phi) is 4.28. The maximum absolute atomic E-state index is 2.31. The number of rotatable bonds is 3. The summed E-state index contributed by atoms with van der Waals surface area (Å²) >= 11 is 0. The summed E-state index contributed by atoms with van der Waals surface area (Å²) in [6.45, 7) is 0. The normalized spacial score (nSPS) is 14.3. The monoisotopic (exact) mass is 394 g/mol. The van der Waals surface area contributed by atoms with Gasteiger partial charge < -0.3 is 0 Å². The van der Waals surface area contributed by atoms with Crippen LogP contribution in [0, 0.1) is 0 Å². The van der Waals surface area contributed by atoms with Crippen molar-refractivity contribution < 1.29 is 0 Å². The molecule has 0 radical (unpaired) electrons. The van der Waals surface area contributed by atoms with Gasteiger partial charge in [-0.05, 0) is 50.1 Å². The van der Waals surface area contributed by atoms with Gasteiger partial charge in [0.1, 0.15) is 0 Å². The standard InChI is InChI=1S/C31H22/c1-3-12-22(13-4-1)30(23-14-5-2-6-15-23)28-20-11-21-29(28)31-26-18-9-7-16-24(26)25-17-8-10-19-27(25)31/h1-21,31H. The van der Waals surface area contributed by atoms with E-state index in [0.29, 0.717) is 0 Å². The predicted octanol–water partition coefficient (Wildman–Crippen LogP) is 7.80. The van der Waals surface area contributed by atoms with Crippen molar-refractivity contribution in [3.05, 3.63) is 161 Å². The number of allylic oxidation sites excluding steroid dienone is 5. The second-order valence-corrected chi connectivity index (χ2v) is 8.11. The smallest absolute Gasteiger partial charge is 0.0358 e. The highest BCUT2D eigenvalue weighted by molar-refractivity contribution is 5.90. The molecule has 0 fully saturated rings. The molecule has 0 N–H and O–H groups in total. The summed E-state index contributed by atoms with van der Waals surface area (Å²) < 4.78 is 0. The van der Waals surface area contributed by atoms with Crippen molar-refractivity contribution in [1.29, 1.82) is 0 Å². The topological polar surface area (TPSA) is 0 Å². The van der Waals surface area contributed by atoms with Crippen LogP contribution in [0.25, 0.3) is 16.7 Å². The molecule has 0 bridgehead atoms. The van der Waals surface area contributed by atoms with E-state index < -0.39 is 0 Å². The average Bonchev–Trinajstić information content (AvgIpc) is 3.43. The van der Waals surface area contributed by atoms with Crippen LogP contribution >= 0.6 is 0 Å². The molecule has 0 spiro atoms. The van der Waals surface area contributed by atoms with Crippen molar-refractivity contribution in [2.24, 2.45) is 0 Å². The van der Waals surface area contributed by atoms with E-state index in [2.05, 4.69) is 127 Å². The van der Waals surface area contributed by atoms with Crippen LogP contribution in [0.2, 0.25) is 0 Å². The molecule has 0 aromatic heterocycles. The van der Waals surface area contributed by atoms with Gasteiger partial charge in [-0.1, -0.05) is 127 Å². The van der Waals surface area contributed by atoms with E-state index >= 15 is 0 Å². The first-order valence-electron chi connectivity index (χ1n) is 10.8. The zero-order valence-corrected chi connectivity index (χ0v) is 17.2. The fourth-order valence-corrected chi connectivity index (χ4v) is 5.09. The van der Waals surface area contributed by atoms with E-state index in [0.717, 1.165) is 0 Å². The molecule has 2 aliphatic rings. The summed E-state index contributed by atoms with van der Waals surface area (Å²) in [5.74, 6) is 0.250. The molecule has 0 saturated heterocycles. The lowest BCUT2D eigenvalue weighted by Gasteiger charge is -2.21. The fraction of sp³-hybridized carbons (Fsp3) is 0.0323. The number of hydrogen-bond donors (Lipinski definition) is 0. The van der Waals surface area contributed by atoms with E-state index in [-0.39, 0.29) is 5.92 Å². The molecule has 2 aliphatic carbocycles. The molecule has 0 heteroatoms. The van der Waals surface area contributed by atoms with Crippen molar-refractivity contribution in [1.82, 2.24) is 0 Å². The average molecular weight is 395 g/mol. The Bertz CT molecular complexity index is 1260. The molecule has 0 saturated carbocycles. The quantitative estimate of drug-likeness (QED) is 0.332. The van der Waals surface area contributed by atoms with E-state index in [9.17, 15) is 0 Å². The van der Waals surface area contributed by atoms with Gasteiger partial charge >= 0.3 is 0 Å². The summed E-state index contributed by atoms with van der Waals surface area (Å²) in [5.41, 5.74) is 12.0. The number of hydrogen-bond acceptors (Lipinski definition) is 0. The third kappa shape index (κ3) is 2.92. The van der Waals surface area contributed by atoms with E-state index in [1.54, 1.807) is 0 Å². The van der Waals surface area contributed by atoms with Gasteiger partial charge in [-0.2, -0.15) is 0 Å². The highest BCUT2D eigenvalue weighted by Gasteiger charge is 2.33. The highest BCUT2D eigenvalue weighted by atomic mass is 14.4. The minimum atomic E-state index is 0.250. The first kappa shape index (κ1) is 17.9. The minimum absolute atomic E-state index is 0.250. The molecule has 4 aromatic carbocycles. The zero-order valence-electron chi connectivity index (χ0n) is 17.2. The lowest BCUT2D eigenvalue weighted by molar-refractivity contribution is 1.01. The van der Waals surface area contributed by atoms with Crippen molar-refractivity contribution in [2.75, 3.05) is 0 Å². The Labute approximate surface area is 183 Å². The lowest BCUT2D eigenvalue weighted by atomic mass is 9.82. The van der Waals surface area contributed by atoms with Gasteiger partial charge in [0.25, 0.3) is 0 Å². The van der Waals surface area contributed by atoms with E-state index in [1.165, 1.54) is 50.1 Å². The van der Waals surface area contributed by atoms with Crippen molar-refractivity contribution in [3.8, 4) is 11.1 Å². The fourth-order valence-electron chi connectivity index (χ4n) is 5.09. The van der Waals surface area contributed by atoms with Gasteiger partial charge in [0.2, 0.25) is 0 Å². The first-order chi connectivity index (χ1) is 15.4. The Morgan fingerprint density at radius 2 is 1.00 bits per heavy atom. The molecule has 4 aromatic rings. The molecule has 31 heavy (non-hydrogen) atoms. The molecule has 0 aliphatic heterocycles. The predicted molar refractivity (Wildman–Crippen MR) is 130 cm³/mol. The minimum Gasteiger partial charge on any atom is -0.0622 e. The van der Waals surface area contributed by atoms with Gasteiger partial charge in [0.15, 0.2) is 0 Å². The number of fused-ring (bicyclic) bond motifs is 3. The van der Waals surface area contributed by atoms with Crippen LogP contribution in [0.1, 0.15) is 28.2 Å². The van der Waals surface area contributed by atoms with Gasteiger partial charge in [0, 0.05) is 5.92 Å². The van der Waals surface area contributed by atoms with E-state index in [4.69, 9.17) is 0 Å². The third-order valence-corrected chi connectivity index (χ3v) is 6.39. The lowest BCUT2D eigenvalue weighted by Crippen LogP contribution is -2.04. The molecule has 0 amide bonds. The Hall–Kier alpha value is -3.90. The maximum Gasteiger partial charge on any atom is 0.0358 e. The Morgan fingerprint density at radius 1 is 0.516 bits per heavy atom. The van der Waals surface area contributed by atoms with Crippen LogP contribution in [0.15, 0.2) is 139 Å². The summed E-state index contributed by atoms with van der Waals surface area (Å²) in [7, 11) is 0. The summed E-state index contributed by atoms with van der Waals surface area (Å²) in [4.78, 5) is 0. The van der Waals surface area contributed by atoms with Gasteiger partial charge in [0.05, 0.1) is 0 Å². The number of benzene rings is 4. The molecular formula is C31H22. The maximum atomic E-state index is 2.31.